The molecule has 146 valence electrons. The van der Waals surface area contributed by atoms with Crippen molar-refractivity contribution in [2.45, 2.75) is 31.4 Å². The maximum atomic E-state index is 13.8. The fourth-order valence-electron chi connectivity index (χ4n) is 4.17. The van der Waals surface area contributed by atoms with Crippen molar-refractivity contribution in [1.29, 1.82) is 0 Å². The zero-order chi connectivity index (χ0) is 20.0. The van der Waals surface area contributed by atoms with Gasteiger partial charge in [-0.2, -0.15) is 0 Å². The monoisotopic (exact) mass is 392 g/mol. The molecule has 7 heteroatoms. The van der Waals surface area contributed by atoms with Crippen LogP contribution in [0, 0.1) is 11.8 Å². The number of alkyl halides is 2. The smallest absolute Gasteiger partial charge is 0.262 e. The Labute approximate surface area is 166 Å². The summed E-state index contributed by atoms with van der Waals surface area (Å²) in [6.45, 7) is 0.575. The normalized spacial score (nSPS) is 20.4. The second-order valence-electron chi connectivity index (χ2n) is 7.57. The average molecular weight is 392 g/mol. The van der Waals surface area contributed by atoms with Crippen LogP contribution in [0.5, 0.6) is 0 Å². The minimum atomic E-state index is -2.67. The Morgan fingerprint density at radius 1 is 1.14 bits per heavy atom. The van der Waals surface area contributed by atoms with E-state index in [-0.39, 0.29) is 24.6 Å². The van der Waals surface area contributed by atoms with Crippen molar-refractivity contribution in [3.8, 4) is 11.8 Å². The minimum absolute atomic E-state index is 0.123. The van der Waals surface area contributed by atoms with Gasteiger partial charge in [0.1, 0.15) is 11.5 Å². The molecule has 5 nitrogen and oxygen atoms in total. The summed E-state index contributed by atoms with van der Waals surface area (Å²) in [6.07, 6.45) is 1.85. The van der Waals surface area contributed by atoms with Crippen molar-refractivity contribution >= 4 is 10.9 Å². The van der Waals surface area contributed by atoms with Gasteiger partial charge in [-0.25, -0.2) is 18.7 Å². The van der Waals surface area contributed by atoms with E-state index in [4.69, 9.17) is 0 Å². The summed E-state index contributed by atoms with van der Waals surface area (Å²) >= 11 is 0. The van der Waals surface area contributed by atoms with Crippen LogP contribution in [0.4, 0.5) is 8.78 Å². The van der Waals surface area contributed by atoms with Crippen LogP contribution in [-0.2, 0) is 13.0 Å². The van der Waals surface area contributed by atoms with E-state index in [9.17, 15) is 13.6 Å². The van der Waals surface area contributed by atoms with E-state index < -0.39 is 5.92 Å². The molecule has 29 heavy (non-hydrogen) atoms. The number of nitrogens with zero attached hydrogens (tertiary/aromatic N) is 4. The highest BCUT2D eigenvalue weighted by atomic mass is 19.3. The fourth-order valence-corrected chi connectivity index (χ4v) is 4.17. The standard InChI is InChI=1S/C22H18F2N4O/c23-22(24)13-17-12-20-26-19-11-15(4-6-16-3-1-2-8-25-16)5-7-18(19)21(29)28(20)10-9-27(17)14-22/h1-3,5,7-8,11,17H,9-10,12-14H2. The molecular formula is C22H18F2N4O. The Morgan fingerprint density at radius 2 is 2.03 bits per heavy atom. The molecule has 1 atom stereocenters. The Kier molecular flexibility index (Phi) is 4.18. The predicted octanol–water partition coefficient (Wildman–Crippen LogP) is 2.46. The maximum Gasteiger partial charge on any atom is 0.262 e. The van der Waals surface area contributed by atoms with E-state index in [0.717, 1.165) is 5.56 Å². The third kappa shape index (κ3) is 3.40. The molecule has 0 radical (unpaired) electrons. The van der Waals surface area contributed by atoms with Gasteiger partial charge in [0.15, 0.2) is 0 Å². The van der Waals surface area contributed by atoms with Crippen LogP contribution in [0.2, 0.25) is 0 Å². The number of halogens is 2. The first-order valence-corrected chi connectivity index (χ1v) is 9.57. The number of aromatic nitrogens is 3. The van der Waals surface area contributed by atoms with Crippen LogP contribution in [0.25, 0.3) is 10.9 Å². The highest BCUT2D eigenvalue weighted by Gasteiger charge is 2.45. The Bertz CT molecular complexity index is 1210. The number of benzene rings is 1. The lowest BCUT2D eigenvalue weighted by Crippen LogP contribution is -2.32. The molecule has 3 aromatic rings. The third-order valence-corrected chi connectivity index (χ3v) is 5.55. The molecule has 0 bridgehead atoms. The summed E-state index contributed by atoms with van der Waals surface area (Å²) < 4.78 is 29.3. The minimum Gasteiger partial charge on any atom is -0.295 e. The van der Waals surface area contributed by atoms with Gasteiger partial charge in [-0.15, -0.1) is 0 Å². The molecule has 2 aliphatic rings. The molecule has 0 spiro atoms. The number of rotatable bonds is 0. The summed E-state index contributed by atoms with van der Waals surface area (Å²) in [6, 6.07) is 10.5. The molecule has 0 N–H and O–H groups in total. The van der Waals surface area contributed by atoms with Gasteiger partial charge in [0.05, 0.1) is 17.4 Å². The van der Waals surface area contributed by atoms with Crippen LogP contribution in [-0.4, -0.2) is 44.5 Å². The molecule has 0 saturated carbocycles. The summed E-state index contributed by atoms with van der Waals surface area (Å²) in [4.78, 5) is 23.6. The first-order valence-electron chi connectivity index (χ1n) is 9.57. The summed E-state index contributed by atoms with van der Waals surface area (Å²) in [5.74, 6) is 3.94. The van der Waals surface area contributed by atoms with Gasteiger partial charge in [-0.1, -0.05) is 12.0 Å². The van der Waals surface area contributed by atoms with Gasteiger partial charge in [0.25, 0.3) is 11.5 Å². The SMILES string of the molecule is O=c1c2ccc(C#Cc3ccccn3)cc2nc2n1CCN1CC(F)(F)CC1C2. The number of hydrogen-bond acceptors (Lipinski definition) is 4. The molecule has 1 fully saturated rings. The van der Waals surface area contributed by atoms with E-state index in [2.05, 4.69) is 21.8 Å². The van der Waals surface area contributed by atoms with Gasteiger partial charge in [-0.3, -0.25) is 14.3 Å². The van der Waals surface area contributed by atoms with Crippen LogP contribution >= 0.6 is 0 Å². The lowest BCUT2D eigenvalue weighted by molar-refractivity contribution is 0.0116. The van der Waals surface area contributed by atoms with Crippen molar-refractivity contribution in [3.63, 3.8) is 0 Å². The van der Waals surface area contributed by atoms with E-state index in [0.29, 0.717) is 41.9 Å². The Hall–Kier alpha value is -3.11. The van der Waals surface area contributed by atoms with E-state index in [1.807, 2.05) is 18.2 Å². The molecule has 1 aromatic carbocycles. The quantitative estimate of drug-likeness (QED) is 0.552. The first kappa shape index (κ1) is 18.0. The van der Waals surface area contributed by atoms with Gasteiger partial charge in [-0.05, 0) is 36.3 Å². The van der Waals surface area contributed by atoms with E-state index in [1.165, 1.54) is 0 Å². The summed E-state index contributed by atoms with van der Waals surface area (Å²) in [5.41, 5.74) is 1.81. The van der Waals surface area contributed by atoms with Crippen molar-refractivity contribution in [2.75, 3.05) is 13.1 Å². The van der Waals surface area contributed by atoms with Crippen molar-refractivity contribution in [3.05, 3.63) is 70.0 Å². The Morgan fingerprint density at radius 3 is 2.86 bits per heavy atom. The van der Waals surface area contributed by atoms with E-state index >= 15 is 0 Å². The molecule has 0 aliphatic carbocycles. The van der Waals surface area contributed by atoms with Crippen molar-refractivity contribution in [2.24, 2.45) is 0 Å². The average Bonchev–Trinajstić information content (AvgIpc) is 2.89. The molecule has 1 saturated heterocycles. The third-order valence-electron chi connectivity index (χ3n) is 5.55. The zero-order valence-electron chi connectivity index (χ0n) is 15.6. The highest BCUT2D eigenvalue weighted by molar-refractivity contribution is 5.79. The molecule has 2 aliphatic heterocycles. The van der Waals surface area contributed by atoms with Crippen LogP contribution in [0.1, 0.15) is 23.5 Å². The molecular weight excluding hydrogens is 374 g/mol. The lowest BCUT2D eigenvalue weighted by Gasteiger charge is -2.18. The summed E-state index contributed by atoms with van der Waals surface area (Å²) in [5, 5.41) is 0.518. The number of hydrogen-bond donors (Lipinski definition) is 0. The van der Waals surface area contributed by atoms with Crippen LogP contribution in [0.15, 0.2) is 47.4 Å². The first-order chi connectivity index (χ1) is 14.0. The van der Waals surface area contributed by atoms with Crippen LogP contribution in [0.3, 0.4) is 0 Å². The fraction of sp³-hybridized carbons (Fsp3) is 0.318. The lowest BCUT2D eigenvalue weighted by atomic mass is 10.1. The van der Waals surface area contributed by atoms with Crippen molar-refractivity contribution in [1.82, 2.24) is 19.4 Å². The van der Waals surface area contributed by atoms with Gasteiger partial charge < -0.3 is 0 Å². The largest absolute Gasteiger partial charge is 0.295 e. The van der Waals surface area contributed by atoms with Gasteiger partial charge in [0, 0.05) is 43.7 Å². The predicted molar refractivity (Wildman–Crippen MR) is 105 cm³/mol. The van der Waals surface area contributed by atoms with E-state index in [1.54, 1.807) is 33.9 Å². The van der Waals surface area contributed by atoms with Gasteiger partial charge in [0.2, 0.25) is 0 Å². The number of fused-ring (bicyclic) bond motifs is 3. The number of pyridine rings is 1. The molecule has 0 amide bonds. The highest BCUT2D eigenvalue weighted by Crippen LogP contribution is 2.34. The van der Waals surface area contributed by atoms with Crippen LogP contribution < -0.4 is 5.56 Å². The zero-order valence-corrected chi connectivity index (χ0v) is 15.6. The molecule has 2 aromatic heterocycles. The molecule has 4 heterocycles. The molecule has 5 rings (SSSR count). The molecule has 1 unspecified atom stereocenters. The summed E-state index contributed by atoms with van der Waals surface area (Å²) in [7, 11) is 0. The maximum absolute atomic E-state index is 13.8. The second kappa shape index (κ2) is 6.75. The van der Waals surface area contributed by atoms with Gasteiger partial charge >= 0.3 is 0 Å². The topological polar surface area (TPSA) is 51.0 Å². The van der Waals surface area contributed by atoms with Crippen molar-refractivity contribution < 1.29 is 8.78 Å². The second-order valence-corrected chi connectivity index (χ2v) is 7.57. The Balaban J connectivity index is 1.53.